The number of amides is 7. The van der Waals surface area contributed by atoms with Crippen molar-refractivity contribution in [2.75, 3.05) is 57.8 Å². The van der Waals surface area contributed by atoms with Crippen LogP contribution in [0.25, 0.3) is 11.1 Å². The zero-order valence-electron chi connectivity index (χ0n) is 51.8. The molecule has 7 unspecified atom stereocenters. The number of halogens is 8. The van der Waals surface area contributed by atoms with E-state index < -0.39 is 223 Å². The fourth-order valence-electron chi connectivity index (χ4n) is 8.85. The highest BCUT2D eigenvalue weighted by Crippen LogP contribution is 2.42. The van der Waals surface area contributed by atoms with Gasteiger partial charge >= 0.3 is 0 Å². The maximum absolute atomic E-state index is 16.4. The molecule has 2 aromatic carbocycles. The number of likely N-dealkylation sites (N-methyl/N-ethyl adjacent to an activating group) is 1. The van der Waals surface area contributed by atoms with E-state index >= 15 is 35.1 Å². The van der Waals surface area contributed by atoms with Crippen LogP contribution < -0.4 is 97.8 Å². The summed E-state index contributed by atoms with van der Waals surface area (Å²) in [6, 6.07) is -12.4. The van der Waals surface area contributed by atoms with E-state index in [-0.39, 0.29) is 108 Å². The van der Waals surface area contributed by atoms with Crippen molar-refractivity contribution in [2.45, 2.75) is 130 Å². The predicted octanol–water partition coefficient (Wildman–Crippen LogP) is -2.18. The highest BCUT2D eigenvalue weighted by Gasteiger charge is 2.38. The second-order valence-corrected chi connectivity index (χ2v) is 23.6. The summed E-state index contributed by atoms with van der Waals surface area (Å²) < 4.78 is 130. The van der Waals surface area contributed by atoms with Crippen molar-refractivity contribution in [3.63, 3.8) is 0 Å². The number of ketones is 1. The number of fused-ring (bicyclic) bond motifs is 2. The van der Waals surface area contributed by atoms with Crippen LogP contribution in [-0.2, 0) is 38.4 Å². The lowest BCUT2D eigenvalue weighted by Gasteiger charge is -2.28. The molecule has 528 valence electrons. The number of guanidine groups is 5. The molecule has 3 heterocycles. The summed E-state index contributed by atoms with van der Waals surface area (Å²) in [6.07, 6.45) is -2.06. The van der Waals surface area contributed by atoms with Crippen LogP contribution in [0.5, 0.6) is 0 Å². The van der Waals surface area contributed by atoms with E-state index in [0.29, 0.717) is 0 Å². The molecule has 3 aliphatic rings. The average molecular weight is 1400 g/mol. The minimum Gasteiger partial charge on any atom is -0.370 e. The van der Waals surface area contributed by atoms with Crippen molar-refractivity contribution < 1.29 is 73.5 Å². The third-order valence-corrected chi connectivity index (χ3v) is 16.2. The van der Waals surface area contributed by atoms with Gasteiger partial charge in [-0.3, -0.25) is 65.4 Å². The van der Waals surface area contributed by atoms with Crippen molar-refractivity contribution in [2.24, 2.45) is 34.6 Å². The van der Waals surface area contributed by atoms with Gasteiger partial charge in [0.15, 0.2) is 82.1 Å². The molecule has 5 rings (SSSR count). The molecule has 2 aromatic rings. The third kappa shape index (κ3) is 25.6. The lowest BCUT2D eigenvalue weighted by molar-refractivity contribution is -0.135. The zero-order valence-corrected chi connectivity index (χ0v) is 53.5. The van der Waals surface area contributed by atoms with E-state index in [9.17, 15) is 38.4 Å². The fourth-order valence-corrected chi connectivity index (χ4v) is 10.9. The summed E-state index contributed by atoms with van der Waals surface area (Å²) in [5.41, 5.74) is 22.6. The monoisotopic (exact) mass is 1400 g/mol. The molecule has 3 aliphatic heterocycles. The normalized spacial score (nSPS) is 17.8. The molecular formula is C54H81F8N23O8S2. The van der Waals surface area contributed by atoms with Crippen molar-refractivity contribution in [1.82, 2.24) is 69.1 Å². The van der Waals surface area contributed by atoms with Gasteiger partial charge in [-0.2, -0.15) is 0 Å². The fraction of sp³-hybridized carbons (Fsp3) is 0.537. The number of nitrogens with two attached hydrogens (primary N) is 5. The smallest absolute Gasteiger partial charge is 0.244 e. The van der Waals surface area contributed by atoms with E-state index in [1.165, 1.54) is 0 Å². The van der Waals surface area contributed by atoms with Crippen LogP contribution in [0, 0.1) is 79.5 Å². The molecular weight excluding hydrogens is 1310 g/mol. The zero-order chi connectivity index (χ0) is 71.4. The second kappa shape index (κ2) is 39.5. The van der Waals surface area contributed by atoms with Crippen LogP contribution in [0.4, 0.5) is 35.1 Å². The molecule has 31 nitrogen and oxygen atoms in total. The molecule has 0 fully saturated rings. The molecule has 7 amide bonds. The molecule has 95 heavy (non-hydrogen) atoms. The summed E-state index contributed by atoms with van der Waals surface area (Å²) in [7, 11) is 1.16. The van der Waals surface area contributed by atoms with Gasteiger partial charge in [-0.05, 0) is 71.3 Å². The van der Waals surface area contributed by atoms with Crippen LogP contribution in [0.15, 0.2) is 9.79 Å². The van der Waals surface area contributed by atoms with Crippen LogP contribution in [0.2, 0.25) is 0 Å². The Morgan fingerprint density at radius 2 is 0.811 bits per heavy atom. The number of hydrogen-bond donors (Lipinski definition) is 23. The van der Waals surface area contributed by atoms with E-state index in [4.69, 9.17) is 55.7 Å². The Labute approximate surface area is 548 Å². The predicted molar refractivity (Wildman–Crippen MR) is 336 cm³/mol. The second-order valence-electron chi connectivity index (χ2n) is 21.5. The first-order valence-corrected chi connectivity index (χ1v) is 31.4. The Morgan fingerprint density at radius 1 is 0.474 bits per heavy atom. The maximum Gasteiger partial charge on any atom is 0.244 e. The van der Waals surface area contributed by atoms with Gasteiger partial charge in [0.2, 0.25) is 41.4 Å². The number of carbonyl (C=O) groups is 8. The van der Waals surface area contributed by atoms with Crippen molar-refractivity contribution >= 4 is 100 Å². The van der Waals surface area contributed by atoms with Gasteiger partial charge < -0.3 is 97.8 Å². The molecule has 7 atom stereocenters. The lowest BCUT2D eigenvalue weighted by atomic mass is 10.0. The summed E-state index contributed by atoms with van der Waals surface area (Å²) in [6.45, 7) is 2.13. The van der Waals surface area contributed by atoms with Gasteiger partial charge in [0, 0.05) is 50.1 Å². The first-order chi connectivity index (χ1) is 44.7. The van der Waals surface area contributed by atoms with Gasteiger partial charge in [-0.1, -0.05) is 13.8 Å². The minimum atomic E-state index is -2.63. The highest BCUT2D eigenvalue weighted by atomic mass is 32.2. The summed E-state index contributed by atoms with van der Waals surface area (Å²) in [4.78, 5) is 110. The molecule has 0 aromatic heterocycles. The van der Waals surface area contributed by atoms with Crippen molar-refractivity contribution in [3.05, 3.63) is 46.5 Å². The first-order valence-electron chi connectivity index (χ1n) is 29.4. The molecule has 0 saturated heterocycles. The van der Waals surface area contributed by atoms with Crippen molar-refractivity contribution in [1.29, 1.82) is 27.0 Å². The van der Waals surface area contributed by atoms with E-state index in [2.05, 4.69) is 69.1 Å². The quantitative estimate of drug-likeness (QED) is 0.0135. The molecule has 0 spiro atoms. The molecule has 0 saturated carbocycles. The topological polar surface area (TPSA) is 542 Å². The maximum atomic E-state index is 16.4. The van der Waals surface area contributed by atoms with Gasteiger partial charge in [0.25, 0.3) is 0 Å². The molecule has 4 bridgehead atoms. The third-order valence-electron chi connectivity index (χ3n) is 14.0. The van der Waals surface area contributed by atoms with Crippen molar-refractivity contribution in [3.8, 4) is 11.1 Å². The number of nitrogens with one attached hydrogen (secondary N) is 18. The number of benzene rings is 2. The van der Waals surface area contributed by atoms with Crippen LogP contribution in [-0.4, -0.2) is 177 Å². The number of hydrogen-bond acceptors (Lipinski definition) is 16. The number of Topliss-reactive ketones (excluding diaryl/α,β-unsaturated/α-hetero) is 1. The number of rotatable bonds is 29. The SMILES string of the molecule is CNC1CSc2c(F)c(F)c(c(F)c2F)-c2c(F)c(F)c(c(F)c2F)SCC(C(=O)NC(CCCNC(=N)N)C(=O)NC(CCCNC(=N)N)C(=O)NCC(=O)C(C)C)NC(=O)C(CCCNC(=N)N)NC(=O)C(CCCNC(=N)N)NC(=O)C(CCCNC(=N)N)NC1=O. The highest BCUT2D eigenvalue weighted by molar-refractivity contribution is 7.99. The van der Waals surface area contributed by atoms with Crippen LogP contribution in [0.1, 0.15) is 78.1 Å². The van der Waals surface area contributed by atoms with Gasteiger partial charge in [0.05, 0.1) is 33.5 Å². The number of thioether (sulfide) groups is 2. The van der Waals surface area contributed by atoms with Gasteiger partial charge in [-0.25, -0.2) is 35.1 Å². The Bertz CT molecular complexity index is 3100. The molecule has 0 radical (unpaired) electrons. The summed E-state index contributed by atoms with van der Waals surface area (Å²) in [5, 5.41) is 69.6. The van der Waals surface area contributed by atoms with E-state index in [0.717, 1.165) is 7.05 Å². The lowest BCUT2D eigenvalue weighted by Crippen LogP contribution is -2.60. The minimum absolute atomic E-state index is 0.00680. The summed E-state index contributed by atoms with van der Waals surface area (Å²) >= 11 is -0.332. The Hall–Kier alpha value is -9.15. The molecule has 28 N–H and O–H groups in total. The van der Waals surface area contributed by atoms with E-state index in [1.807, 2.05) is 0 Å². The Morgan fingerprint density at radius 3 is 1.17 bits per heavy atom. The Kier molecular flexibility index (Phi) is 33.3. The van der Waals surface area contributed by atoms with Gasteiger partial charge in [-0.15, -0.1) is 23.5 Å². The van der Waals surface area contributed by atoms with Gasteiger partial charge in [0.1, 0.15) is 36.3 Å². The first kappa shape index (κ1) is 80.1. The van der Waals surface area contributed by atoms with Crippen LogP contribution >= 0.6 is 23.5 Å². The average Bonchev–Trinajstić information content (AvgIpc) is 0.758. The standard InChI is InChI=1S/C54H81F8N23O8S2/c1-22(2)30(86)19-79-43(87)23(9-4-14-74-50(63)64)80-44(88)26(12-7-17-77-53(69)70)84-49(93)29-21-95-42-39(61)35(57)32(36(58)40(42)62)31-33(55)37(59)41(38(60)34(31)56)94-20-28(73-3)48(92)83-25(11-6-16-76-52(67)68)46(90)81-24(10-5-15-75-51(65)66)45(89)82-27(47(91)85-29)13-8-18-78-54(71)72/h22-29,73H,4-21H2,1-3H3,(H,79,87)(H,80,88)(H,81,90)(H,82,89)(H,83,92)(H,84,93)(H,85,91)(H4,63,64,74)(H4,65,66,75)(H4,67,68,76)(H4,69,70,77)(H4,71,72,78). The van der Waals surface area contributed by atoms with E-state index in [1.54, 1.807) is 13.8 Å². The molecule has 41 heteroatoms. The Balaban J connectivity index is 2.40. The number of carbonyl (C=O) groups excluding carboxylic acids is 8. The van der Waals surface area contributed by atoms with Crippen LogP contribution in [0.3, 0.4) is 0 Å². The molecule has 0 aliphatic carbocycles. The summed E-state index contributed by atoms with van der Waals surface area (Å²) in [5.74, 6) is -33.7. The largest absolute Gasteiger partial charge is 0.370 e.